The molecular formula is C9H10BrNO. The van der Waals surface area contributed by atoms with Crippen LogP contribution in [0.4, 0.5) is 5.69 Å². The molecule has 0 saturated heterocycles. The Bertz CT molecular complexity index is 260. The molecule has 1 rings (SSSR count). The molecule has 0 unspecified atom stereocenters. The zero-order valence-corrected chi connectivity index (χ0v) is 8.41. The smallest absolute Gasteiger partial charge is 0.236 e. The summed E-state index contributed by atoms with van der Waals surface area (Å²) in [6.45, 7) is 1.83. The maximum atomic E-state index is 11.2. The minimum absolute atomic E-state index is 0.0567. The van der Waals surface area contributed by atoms with Crippen LogP contribution >= 0.6 is 16.1 Å². The molecule has 0 saturated carbocycles. The van der Waals surface area contributed by atoms with Gasteiger partial charge in [0.2, 0.25) is 5.91 Å². The molecule has 2 nitrogen and oxygen atoms in total. The summed E-state index contributed by atoms with van der Waals surface area (Å²) < 4.78 is 1.48. The van der Waals surface area contributed by atoms with E-state index in [9.17, 15) is 4.79 Å². The molecule has 0 aromatic heterocycles. The third-order valence-electron chi connectivity index (χ3n) is 1.50. The Labute approximate surface area is 80.5 Å². The van der Waals surface area contributed by atoms with E-state index in [1.54, 1.807) is 0 Å². The summed E-state index contributed by atoms with van der Waals surface area (Å²) in [5, 5.41) is 0. The summed E-state index contributed by atoms with van der Waals surface area (Å²) in [6, 6.07) is 9.46. The summed E-state index contributed by atoms with van der Waals surface area (Å²) in [7, 11) is 0. The molecule has 0 atom stereocenters. The molecule has 0 aliphatic carbocycles. The SMILES string of the molecule is CCC(=O)N(Br)c1ccccc1. The second-order valence-corrected chi connectivity index (χ2v) is 3.07. The van der Waals surface area contributed by atoms with Gasteiger partial charge in [-0.1, -0.05) is 25.1 Å². The van der Waals surface area contributed by atoms with E-state index in [1.165, 1.54) is 3.93 Å². The number of amides is 1. The molecule has 0 spiro atoms. The van der Waals surface area contributed by atoms with Crippen LogP contribution in [0.15, 0.2) is 30.3 Å². The summed E-state index contributed by atoms with van der Waals surface area (Å²) >= 11 is 3.20. The van der Waals surface area contributed by atoms with Crippen LogP contribution in [-0.4, -0.2) is 5.91 Å². The number of hydrogen-bond donors (Lipinski definition) is 0. The molecule has 12 heavy (non-hydrogen) atoms. The van der Waals surface area contributed by atoms with Gasteiger partial charge in [0.05, 0.1) is 21.8 Å². The Morgan fingerprint density at radius 2 is 2.00 bits per heavy atom. The number of carbonyl (C=O) groups excluding carboxylic acids is 1. The van der Waals surface area contributed by atoms with Crippen molar-refractivity contribution < 1.29 is 4.79 Å². The summed E-state index contributed by atoms with van der Waals surface area (Å²) in [4.78, 5) is 11.2. The highest BCUT2D eigenvalue weighted by Gasteiger charge is 2.08. The van der Waals surface area contributed by atoms with E-state index in [0.29, 0.717) is 6.42 Å². The number of benzene rings is 1. The van der Waals surface area contributed by atoms with Crippen molar-refractivity contribution in [1.82, 2.24) is 0 Å². The normalized spacial score (nSPS) is 9.50. The van der Waals surface area contributed by atoms with Crippen molar-refractivity contribution in [2.24, 2.45) is 0 Å². The minimum atomic E-state index is 0.0567. The lowest BCUT2D eigenvalue weighted by Crippen LogP contribution is -2.18. The van der Waals surface area contributed by atoms with Crippen LogP contribution in [0.5, 0.6) is 0 Å². The fraction of sp³-hybridized carbons (Fsp3) is 0.222. The number of carbonyl (C=O) groups is 1. The van der Waals surface area contributed by atoms with Gasteiger partial charge in [-0.05, 0) is 12.1 Å². The molecule has 64 valence electrons. The second kappa shape index (κ2) is 4.26. The molecule has 0 fully saturated rings. The van der Waals surface area contributed by atoms with E-state index < -0.39 is 0 Å². The molecule has 1 amide bonds. The van der Waals surface area contributed by atoms with Crippen LogP contribution in [0.3, 0.4) is 0 Å². The molecule has 1 aromatic carbocycles. The highest BCUT2D eigenvalue weighted by Crippen LogP contribution is 2.17. The first kappa shape index (κ1) is 9.26. The van der Waals surface area contributed by atoms with Gasteiger partial charge in [-0.3, -0.25) is 4.79 Å². The van der Waals surface area contributed by atoms with Gasteiger partial charge in [0.25, 0.3) is 0 Å². The molecule has 0 N–H and O–H groups in total. The first-order valence-corrected chi connectivity index (χ1v) is 4.50. The lowest BCUT2D eigenvalue weighted by atomic mass is 10.3. The number of halogens is 1. The summed E-state index contributed by atoms with van der Waals surface area (Å²) in [5.74, 6) is 0.0567. The maximum Gasteiger partial charge on any atom is 0.236 e. The van der Waals surface area contributed by atoms with E-state index in [2.05, 4.69) is 16.1 Å². The van der Waals surface area contributed by atoms with Gasteiger partial charge in [0.15, 0.2) is 0 Å². The molecule has 0 aliphatic rings. The van der Waals surface area contributed by atoms with E-state index in [-0.39, 0.29) is 5.91 Å². The Morgan fingerprint density at radius 3 is 2.50 bits per heavy atom. The van der Waals surface area contributed by atoms with Crippen LogP contribution in [0.25, 0.3) is 0 Å². The monoisotopic (exact) mass is 227 g/mol. The average Bonchev–Trinajstić information content (AvgIpc) is 2.17. The summed E-state index contributed by atoms with van der Waals surface area (Å²) in [5.41, 5.74) is 0.865. The number of hydrogen-bond acceptors (Lipinski definition) is 1. The molecule has 0 heterocycles. The Hall–Kier alpha value is -0.830. The fourth-order valence-corrected chi connectivity index (χ4v) is 1.33. The highest BCUT2D eigenvalue weighted by molar-refractivity contribution is 9.10. The van der Waals surface area contributed by atoms with Gasteiger partial charge in [-0.2, -0.15) is 0 Å². The minimum Gasteiger partial charge on any atom is -0.274 e. The Kier molecular flexibility index (Phi) is 3.29. The van der Waals surface area contributed by atoms with Gasteiger partial charge in [0.1, 0.15) is 0 Å². The topological polar surface area (TPSA) is 20.3 Å². The first-order chi connectivity index (χ1) is 5.75. The van der Waals surface area contributed by atoms with Crippen molar-refractivity contribution in [2.45, 2.75) is 13.3 Å². The lowest BCUT2D eigenvalue weighted by Gasteiger charge is -2.12. The quantitative estimate of drug-likeness (QED) is 0.712. The molecule has 0 radical (unpaired) electrons. The fourth-order valence-electron chi connectivity index (χ4n) is 0.842. The largest absolute Gasteiger partial charge is 0.274 e. The van der Waals surface area contributed by atoms with Crippen LogP contribution in [0, 0.1) is 0 Å². The van der Waals surface area contributed by atoms with Crippen molar-refractivity contribution in [2.75, 3.05) is 3.93 Å². The maximum absolute atomic E-state index is 11.2. The van der Waals surface area contributed by atoms with E-state index >= 15 is 0 Å². The van der Waals surface area contributed by atoms with E-state index in [0.717, 1.165) is 5.69 Å². The molecule has 0 aliphatic heterocycles. The van der Waals surface area contributed by atoms with Crippen molar-refractivity contribution >= 4 is 27.7 Å². The second-order valence-electron chi connectivity index (χ2n) is 2.36. The molecule has 1 aromatic rings. The zero-order valence-electron chi connectivity index (χ0n) is 6.83. The van der Waals surface area contributed by atoms with E-state index in [4.69, 9.17) is 0 Å². The van der Waals surface area contributed by atoms with Gasteiger partial charge in [-0.15, -0.1) is 0 Å². The molecule has 3 heteroatoms. The summed E-state index contributed by atoms with van der Waals surface area (Å²) in [6.07, 6.45) is 0.500. The van der Waals surface area contributed by atoms with Gasteiger partial charge < -0.3 is 0 Å². The van der Waals surface area contributed by atoms with Gasteiger partial charge in [0, 0.05) is 6.42 Å². The van der Waals surface area contributed by atoms with Gasteiger partial charge in [-0.25, -0.2) is 3.93 Å². The van der Waals surface area contributed by atoms with Crippen LogP contribution in [0.1, 0.15) is 13.3 Å². The van der Waals surface area contributed by atoms with Crippen LogP contribution in [0.2, 0.25) is 0 Å². The zero-order chi connectivity index (χ0) is 8.97. The lowest BCUT2D eigenvalue weighted by molar-refractivity contribution is -0.116. The number of nitrogens with zero attached hydrogens (tertiary/aromatic N) is 1. The Morgan fingerprint density at radius 1 is 1.42 bits per heavy atom. The first-order valence-electron chi connectivity index (χ1n) is 3.79. The predicted octanol–water partition coefficient (Wildman–Crippen LogP) is 2.74. The van der Waals surface area contributed by atoms with Gasteiger partial charge >= 0.3 is 0 Å². The van der Waals surface area contributed by atoms with Crippen LogP contribution < -0.4 is 3.93 Å². The number of rotatable bonds is 2. The third kappa shape index (κ3) is 2.08. The van der Waals surface area contributed by atoms with Crippen molar-refractivity contribution in [1.29, 1.82) is 0 Å². The number of anilines is 1. The van der Waals surface area contributed by atoms with Crippen LogP contribution in [-0.2, 0) is 4.79 Å². The highest BCUT2D eigenvalue weighted by atomic mass is 79.9. The molecule has 0 bridgehead atoms. The number of para-hydroxylation sites is 1. The van der Waals surface area contributed by atoms with Crippen molar-refractivity contribution in [3.8, 4) is 0 Å². The Balaban J connectivity index is 2.78. The van der Waals surface area contributed by atoms with Crippen molar-refractivity contribution in [3.63, 3.8) is 0 Å². The molecular weight excluding hydrogens is 218 g/mol. The predicted molar refractivity (Wildman–Crippen MR) is 53.1 cm³/mol. The standard InChI is InChI=1S/C9H10BrNO/c1-2-9(12)11(10)8-6-4-3-5-7-8/h3-7H,2H2,1H3. The van der Waals surface area contributed by atoms with E-state index in [1.807, 2.05) is 37.3 Å². The third-order valence-corrected chi connectivity index (χ3v) is 2.31. The average molecular weight is 228 g/mol. The van der Waals surface area contributed by atoms with Crippen molar-refractivity contribution in [3.05, 3.63) is 30.3 Å².